The van der Waals surface area contributed by atoms with Gasteiger partial charge in [-0.15, -0.1) is 0 Å². The first-order valence-electron chi connectivity index (χ1n) is 8.81. The minimum atomic E-state index is -0.0807. The maximum Gasteiger partial charge on any atom is 0.221 e. The zero-order chi connectivity index (χ0) is 18.8. The summed E-state index contributed by atoms with van der Waals surface area (Å²) in [5.41, 5.74) is 5.19. The highest BCUT2D eigenvalue weighted by Crippen LogP contribution is 2.33. The van der Waals surface area contributed by atoms with E-state index in [9.17, 15) is 4.79 Å². The van der Waals surface area contributed by atoms with Gasteiger partial charge in [0.1, 0.15) is 0 Å². The van der Waals surface area contributed by atoms with Crippen LogP contribution in [0.3, 0.4) is 0 Å². The molecular weight excluding hydrogens is 356 g/mol. The lowest BCUT2D eigenvalue weighted by molar-refractivity contribution is -0.114. The van der Waals surface area contributed by atoms with Gasteiger partial charge in [0.2, 0.25) is 5.91 Å². The number of amides is 1. The first-order chi connectivity index (χ1) is 13.1. The summed E-state index contributed by atoms with van der Waals surface area (Å²) in [5.74, 6) is -0.0807. The third-order valence-electron chi connectivity index (χ3n) is 4.58. The highest BCUT2D eigenvalue weighted by atomic mass is 35.5. The molecule has 1 N–H and O–H groups in total. The molecule has 134 valence electrons. The Hall–Kier alpha value is -3.04. The number of carbonyl (C=O) groups is 1. The van der Waals surface area contributed by atoms with E-state index >= 15 is 0 Å². The molecule has 0 aliphatic carbocycles. The molecule has 0 aliphatic heterocycles. The lowest BCUT2D eigenvalue weighted by Crippen LogP contribution is -2.08. The molecule has 0 saturated heterocycles. The number of para-hydroxylation sites is 2. The van der Waals surface area contributed by atoms with Crippen molar-refractivity contribution >= 4 is 34.1 Å². The van der Waals surface area contributed by atoms with Crippen molar-refractivity contribution < 1.29 is 4.79 Å². The van der Waals surface area contributed by atoms with Gasteiger partial charge in [-0.3, -0.25) is 4.79 Å². The van der Waals surface area contributed by atoms with Gasteiger partial charge in [-0.1, -0.05) is 60.1 Å². The first kappa shape index (κ1) is 17.4. The van der Waals surface area contributed by atoms with Gasteiger partial charge in [-0.05, 0) is 35.9 Å². The lowest BCUT2D eigenvalue weighted by atomic mass is 10.1. The molecule has 0 spiro atoms. The number of anilines is 1. The topological polar surface area (TPSA) is 34.0 Å². The number of carbonyl (C=O) groups excluding carboxylic acids is 1. The predicted molar refractivity (Wildman–Crippen MR) is 112 cm³/mol. The van der Waals surface area contributed by atoms with Gasteiger partial charge >= 0.3 is 0 Å². The van der Waals surface area contributed by atoms with E-state index in [0.717, 1.165) is 27.5 Å². The number of aromatic nitrogens is 1. The SMILES string of the molecule is CC(=O)Nc1ccccc1-c1cc2ccccc2n1Cc1ccc(Cl)cc1. The molecule has 27 heavy (non-hydrogen) atoms. The monoisotopic (exact) mass is 374 g/mol. The van der Waals surface area contributed by atoms with Crippen molar-refractivity contribution in [3.63, 3.8) is 0 Å². The average molecular weight is 375 g/mol. The maximum atomic E-state index is 11.6. The molecule has 1 heterocycles. The molecule has 3 aromatic carbocycles. The Bertz CT molecular complexity index is 1110. The Morgan fingerprint density at radius 2 is 1.67 bits per heavy atom. The van der Waals surface area contributed by atoms with Crippen LogP contribution in [0.1, 0.15) is 12.5 Å². The van der Waals surface area contributed by atoms with Crippen LogP contribution in [0.15, 0.2) is 78.9 Å². The molecule has 4 heteroatoms. The van der Waals surface area contributed by atoms with Gasteiger partial charge < -0.3 is 9.88 Å². The average Bonchev–Trinajstić information content (AvgIpc) is 3.02. The van der Waals surface area contributed by atoms with Gasteiger partial charge in [0.25, 0.3) is 0 Å². The molecular formula is C23H19ClN2O. The third-order valence-corrected chi connectivity index (χ3v) is 4.83. The number of rotatable bonds is 4. The molecule has 1 amide bonds. The highest BCUT2D eigenvalue weighted by Gasteiger charge is 2.14. The van der Waals surface area contributed by atoms with Gasteiger partial charge in [0.05, 0.1) is 11.4 Å². The molecule has 0 saturated carbocycles. The number of nitrogens with zero attached hydrogens (tertiary/aromatic N) is 1. The fraction of sp³-hybridized carbons (Fsp3) is 0.0870. The Morgan fingerprint density at radius 3 is 2.44 bits per heavy atom. The summed E-state index contributed by atoms with van der Waals surface area (Å²) in [6, 6.07) is 26.3. The second-order valence-electron chi connectivity index (χ2n) is 6.53. The highest BCUT2D eigenvalue weighted by molar-refractivity contribution is 6.30. The van der Waals surface area contributed by atoms with Crippen molar-refractivity contribution in [1.29, 1.82) is 0 Å². The van der Waals surface area contributed by atoms with Crippen molar-refractivity contribution in [3.05, 3.63) is 89.4 Å². The van der Waals surface area contributed by atoms with E-state index in [-0.39, 0.29) is 5.91 Å². The van der Waals surface area contributed by atoms with E-state index in [1.165, 1.54) is 17.9 Å². The second kappa shape index (κ2) is 7.29. The molecule has 0 radical (unpaired) electrons. The number of halogens is 1. The van der Waals surface area contributed by atoms with Crippen molar-refractivity contribution in [2.24, 2.45) is 0 Å². The molecule has 0 bridgehead atoms. The zero-order valence-corrected chi connectivity index (χ0v) is 15.7. The number of fused-ring (bicyclic) bond motifs is 1. The summed E-state index contributed by atoms with van der Waals surface area (Å²) in [7, 11) is 0. The standard InChI is InChI=1S/C23H19ClN2O/c1-16(27)25-21-8-4-3-7-20(21)23-14-18-6-2-5-9-22(18)26(23)15-17-10-12-19(24)13-11-17/h2-14H,15H2,1H3,(H,25,27). The number of benzene rings is 3. The third kappa shape index (κ3) is 3.60. The summed E-state index contributed by atoms with van der Waals surface area (Å²) in [4.78, 5) is 11.6. The van der Waals surface area contributed by atoms with Crippen molar-refractivity contribution in [1.82, 2.24) is 4.57 Å². The van der Waals surface area contributed by atoms with Crippen LogP contribution in [0.2, 0.25) is 5.02 Å². The van der Waals surface area contributed by atoms with Crippen LogP contribution < -0.4 is 5.32 Å². The van der Waals surface area contributed by atoms with Gasteiger partial charge in [0.15, 0.2) is 0 Å². The van der Waals surface area contributed by atoms with E-state index < -0.39 is 0 Å². The Kier molecular flexibility index (Phi) is 4.69. The van der Waals surface area contributed by atoms with Crippen LogP contribution in [-0.2, 0) is 11.3 Å². The van der Waals surface area contributed by atoms with Crippen LogP contribution in [-0.4, -0.2) is 10.5 Å². The van der Waals surface area contributed by atoms with Crippen molar-refractivity contribution in [2.75, 3.05) is 5.32 Å². The lowest BCUT2D eigenvalue weighted by Gasteiger charge is -2.15. The minimum Gasteiger partial charge on any atom is -0.336 e. The molecule has 3 nitrogen and oxygen atoms in total. The fourth-order valence-corrected chi connectivity index (χ4v) is 3.51. The Labute approximate surface area is 163 Å². The summed E-state index contributed by atoms with van der Waals surface area (Å²) in [6.07, 6.45) is 0. The molecule has 0 atom stereocenters. The fourth-order valence-electron chi connectivity index (χ4n) is 3.38. The molecule has 4 aromatic rings. The normalized spacial score (nSPS) is 10.9. The summed E-state index contributed by atoms with van der Waals surface area (Å²) >= 11 is 6.04. The van der Waals surface area contributed by atoms with E-state index in [0.29, 0.717) is 6.54 Å². The van der Waals surface area contributed by atoms with Crippen LogP contribution in [0, 0.1) is 0 Å². The summed E-state index contributed by atoms with van der Waals surface area (Å²) < 4.78 is 2.28. The van der Waals surface area contributed by atoms with Crippen LogP contribution >= 0.6 is 11.6 Å². The Morgan fingerprint density at radius 1 is 0.963 bits per heavy atom. The molecule has 1 aromatic heterocycles. The summed E-state index contributed by atoms with van der Waals surface area (Å²) in [5, 5.41) is 4.84. The van der Waals surface area contributed by atoms with E-state index in [4.69, 9.17) is 11.6 Å². The van der Waals surface area contributed by atoms with E-state index in [1.54, 1.807) is 0 Å². The van der Waals surface area contributed by atoms with Crippen LogP contribution in [0.25, 0.3) is 22.2 Å². The minimum absolute atomic E-state index is 0.0807. The second-order valence-corrected chi connectivity index (χ2v) is 6.96. The largest absolute Gasteiger partial charge is 0.336 e. The smallest absolute Gasteiger partial charge is 0.221 e. The van der Waals surface area contributed by atoms with E-state index in [1.807, 2.05) is 60.7 Å². The quantitative estimate of drug-likeness (QED) is 0.469. The summed E-state index contributed by atoms with van der Waals surface area (Å²) in [6.45, 7) is 2.24. The maximum absolute atomic E-state index is 11.6. The number of hydrogen-bond donors (Lipinski definition) is 1. The van der Waals surface area contributed by atoms with Gasteiger partial charge in [-0.2, -0.15) is 0 Å². The van der Waals surface area contributed by atoms with E-state index in [2.05, 4.69) is 28.1 Å². The Balaban J connectivity index is 1.88. The van der Waals surface area contributed by atoms with Crippen molar-refractivity contribution in [2.45, 2.75) is 13.5 Å². The zero-order valence-electron chi connectivity index (χ0n) is 14.9. The van der Waals surface area contributed by atoms with Crippen molar-refractivity contribution in [3.8, 4) is 11.3 Å². The number of nitrogens with one attached hydrogen (secondary N) is 1. The van der Waals surface area contributed by atoms with Gasteiger partial charge in [-0.25, -0.2) is 0 Å². The predicted octanol–water partition coefficient (Wildman–Crippen LogP) is 5.97. The van der Waals surface area contributed by atoms with Crippen LogP contribution in [0.4, 0.5) is 5.69 Å². The molecule has 4 rings (SSSR count). The molecule has 0 aliphatic rings. The molecule has 0 fully saturated rings. The first-order valence-corrected chi connectivity index (χ1v) is 9.19. The number of hydrogen-bond acceptors (Lipinski definition) is 1. The van der Waals surface area contributed by atoms with Crippen LogP contribution in [0.5, 0.6) is 0 Å². The molecule has 0 unspecified atom stereocenters. The van der Waals surface area contributed by atoms with Gasteiger partial charge in [0, 0.05) is 35.0 Å².